The van der Waals surface area contributed by atoms with Crippen LogP contribution in [0.2, 0.25) is 18.0 Å². The maximum atomic E-state index is 5.82. The minimum atomic E-state index is 0.889. The van der Waals surface area contributed by atoms with Crippen LogP contribution in [0.1, 0.15) is 44.9 Å². The molecule has 3 rings (SSSR count). The first-order chi connectivity index (χ1) is 9.43. The van der Waals surface area contributed by atoms with Gasteiger partial charge < -0.3 is 4.74 Å². The molecule has 102 valence electrons. The molecule has 2 bridgehead atoms. The molecule has 2 fully saturated rings. The van der Waals surface area contributed by atoms with Gasteiger partial charge in [-0.1, -0.05) is 74.7 Å². The molecule has 0 saturated carbocycles. The van der Waals surface area contributed by atoms with Crippen LogP contribution in [0.5, 0.6) is 5.75 Å². The van der Waals surface area contributed by atoms with Gasteiger partial charge in [-0.15, -0.1) is 0 Å². The summed E-state index contributed by atoms with van der Waals surface area (Å²) in [4.78, 5) is 0. The summed E-state index contributed by atoms with van der Waals surface area (Å²) in [7, 11) is 0. The Bertz CT molecular complexity index is 356. The Labute approximate surface area is 117 Å². The van der Waals surface area contributed by atoms with Crippen LogP contribution in [0, 0.1) is 0 Å². The first-order valence-electron chi connectivity index (χ1n) is 8.11. The summed E-state index contributed by atoms with van der Waals surface area (Å²) in [5.74, 6) is 3.11. The minimum absolute atomic E-state index is 0.889. The molecule has 0 atom stereocenters. The van der Waals surface area contributed by atoms with E-state index in [1.54, 1.807) is 0 Å². The minimum Gasteiger partial charge on any atom is -0.494 e. The van der Waals surface area contributed by atoms with E-state index in [1.165, 1.54) is 51.3 Å². The highest BCUT2D eigenvalue weighted by Crippen LogP contribution is 2.47. The van der Waals surface area contributed by atoms with Crippen molar-refractivity contribution in [1.29, 1.82) is 0 Å². The molecule has 0 aliphatic carbocycles. The van der Waals surface area contributed by atoms with Crippen LogP contribution in [-0.2, 0) is 0 Å². The third-order valence-electron chi connectivity index (χ3n) is 5.20. The fourth-order valence-electron chi connectivity index (χ4n) is 4.31. The highest BCUT2D eigenvalue weighted by molar-refractivity contribution is 6.62. The predicted molar refractivity (Wildman–Crippen MR) is 82.3 cm³/mol. The third-order valence-corrected chi connectivity index (χ3v) is 5.20. The monoisotopic (exact) mass is 256 g/mol. The van der Waals surface area contributed by atoms with Crippen LogP contribution in [0.25, 0.3) is 0 Å². The molecule has 2 saturated heterocycles. The van der Waals surface area contributed by atoms with Gasteiger partial charge in [0.25, 0.3) is 0 Å². The molecule has 0 spiro atoms. The summed E-state index contributed by atoms with van der Waals surface area (Å²) >= 11 is 0. The molecule has 0 aromatic heterocycles. The van der Waals surface area contributed by atoms with Crippen LogP contribution in [0.15, 0.2) is 30.3 Å². The lowest BCUT2D eigenvalue weighted by Crippen LogP contribution is -2.34. The van der Waals surface area contributed by atoms with Crippen molar-refractivity contribution in [3.8, 4) is 5.75 Å². The van der Waals surface area contributed by atoms with E-state index >= 15 is 0 Å². The van der Waals surface area contributed by atoms with Crippen molar-refractivity contribution in [2.24, 2.45) is 0 Å². The maximum Gasteiger partial charge on any atom is 0.146 e. The molecule has 2 heteroatoms. The first-order valence-corrected chi connectivity index (χ1v) is 8.11. The lowest BCUT2D eigenvalue weighted by molar-refractivity contribution is 0.315. The summed E-state index contributed by atoms with van der Waals surface area (Å²) in [6.45, 7) is 1.90. The van der Waals surface area contributed by atoms with Crippen LogP contribution in [-0.4, -0.2) is 13.3 Å². The Morgan fingerprint density at radius 3 is 2.21 bits per heavy atom. The van der Waals surface area contributed by atoms with E-state index in [4.69, 9.17) is 4.74 Å². The van der Waals surface area contributed by atoms with E-state index in [-0.39, 0.29) is 0 Å². The second-order valence-corrected chi connectivity index (χ2v) is 6.35. The highest BCUT2D eigenvalue weighted by atomic mass is 16.5. The third kappa shape index (κ3) is 3.35. The van der Waals surface area contributed by atoms with Crippen LogP contribution < -0.4 is 4.74 Å². The van der Waals surface area contributed by atoms with Crippen molar-refractivity contribution < 1.29 is 4.74 Å². The van der Waals surface area contributed by atoms with Gasteiger partial charge in [0.1, 0.15) is 12.5 Å². The summed E-state index contributed by atoms with van der Waals surface area (Å²) in [6, 6.07) is 10.2. The number of fused-ring (bicyclic) bond motifs is 2. The molecule has 1 aromatic carbocycles. The largest absolute Gasteiger partial charge is 0.494 e. The highest BCUT2D eigenvalue weighted by Gasteiger charge is 2.38. The van der Waals surface area contributed by atoms with Gasteiger partial charge in [0.2, 0.25) is 0 Å². The number of para-hydroxylation sites is 1. The average Bonchev–Trinajstić information content (AvgIpc) is 2.44. The average molecular weight is 256 g/mol. The summed E-state index contributed by atoms with van der Waals surface area (Å²) in [5.41, 5.74) is 0. The standard InChI is InChI=1S/C17H25BO/c1-2-11-17(12-3-1)19-14-6-13-18-15-7-4-8-16(18)10-5-9-15/h1-3,11-12,15-16H,4-10,13-14H2. The first kappa shape index (κ1) is 13.1. The van der Waals surface area contributed by atoms with E-state index in [0.717, 1.165) is 30.7 Å². The van der Waals surface area contributed by atoms with Gasteiger partial charge in [-0.3, -0.25) is 0 Å². The maximum absolute atomic E-state index is 5.82. The van der Waals surface area contributed by atoms with Crippen LogP contribution >= 0.6 is 0 Å². The van der Waals surface area contributed by atoms with Gasteiger partial charge in [0.15, 0.2) is 0 Å². The zero-order valence-corrected chi connectivity index (χ0v) is 11.9. The zero-order chi connectivity index (χ0) is 12.9. The number of benzene rings is 1. The molecular weight excluding hydrogens is 231 g/mol. The van der Waals surface area contributed by atoms with Crippen molar-refractivity contribution in [2.45, 2.75) is 62.9 Å². The summed E-state index contributed by atoms with van der Waals surface area (Å²) in [6.07, 6.45) is 11.6. The molecule has 0 radical (unpaired) electrons. The van der Waals surface area contributed by atoms with Crippen molar-refractivity contribution in [3.63, 3.8) is 0 Å². The summed E-state index contributed by atoms with van der Waals surface area (Å²) < 4.78 is 5.82. The lowest BCUT2D eigenvalue weighted by Gasteiger charge is -2.40. The lowest BCUT2D eigenvalue weighted by atomic mass is 9.26. The van der Waals surface area contributed by atoms with E-state index in [2.05, 4.69) is 12.1 Å². The Kier molecular flexibility index (Phi) is 4.47. The molecule has 2 heterocycles. The molecular formula is C17H25BO. The predicted octanol–water partition coefficient (Wildman–Crippen LogP) is 5.06. The molecule has 19 heavy (non-hydrogen) atoms. The quantitative estimate of drug-likeness (QED) is 0.528. The normalized spacial score (nSPS) is 26.2. The smallest absolute Gasteiger partial charge is 0.146 e. The summed E-state index contributed by atoms with van der Waals surface area (Å²) in [5, 5.41) is 0. The SMILES string of the molecule is c1ccc(OCCCB2C3CCCC2CCC3)cc1. The molecule has 2 aliphatic heterocycles. The Morgan fingerprint density at radius 1 is 0.947 bits per heavy atom. The van der Waals surface area contributed by atoms with Gasteiger partial charge in [0, 0.05) is 0 Å². The molecule has 0 N–H and O–H groups in total. The molecule has 1 aromatic rings. The molecule has 0 amide bonds. The van der Waals surface area contributed by atoms with Crippen LogP contribution in [0.4, 0.5) is 0 Å². The molecule has 1 nitrogen and oxygen atoms in total. The van der Waals surface area contributed by atoms with E-state index in [0.29, 0.717) is 0 Å². The Morgan fingerprint density at radius 2 is 1.58 bits per heavy atom. The fourth-order valence-corrected chi connectivity index (χ4v) is 4.31. The van der Waals surface area contributed by atoms with Crippen molar-refractivity contribution in [3.05, 3.63) is 30.3 Å². The van der Waals surface area contributed by atoms with Crippen molar-refractivity contribution in [1.82, 2.24) is 0 Å². The Hall–Kier alpha value is -0.915. The van der Waals surface area contributed by atoms with Crippen molar-refractivity contribution in [2.75, 3.05) is 6.61 Å². The molecule has 0 unspecified atom stereocenters. The van der Waals surface area contributed by atoms with Crippen LogP contribution in [0.3, 0.4) is 0 Å². The second kappa shape index (κ2) is 6.50. The Balaban J connectivity index is 1.42. The van der Waals surface area contributed by atoms with E-state index < -0.39 is 0 Å². The van der Waals surface area contributed by atoms with E-state index in [1.807, 2.05) is 18.2 Å². The van der Waals surface area contributed by atoms with Gasteiger partial charge in [-0.05, 0) is 18.6 Å². The topological polar surface area (TPSA) is 9.23 Å². The van der Waals surface area contributed by atoms with E-state index in [9.17, 15) is 0 Å². The number of rotatable bonds is 5. The number of hydrogen-bond acceptors (Lipinski definition) is 1. The molecule has 2 aliphatic rings. The van der Waals surface area contributed by atoms with Gasteiger partial charge in [-0.25, -0.2) is 0 Å². The number of ether oxygens (including phenoxy) is 1. The number of hydrogen-bond donors (Lipinski definition) is 0. The van der Waals surface area contributed by atoms with Gasteiger partial charge >= 0.3 is 0 Å². The fraction of sp³-hybridized carbons (Fsp3) is 0.647. The second-order valence-electron chi connectivity index (χ2n) is 6.35. The van der Waals surface area contributed by atoms with Gasteiger partial charge in [-0.2, -0.15) is 0 Å². The zero-order valence-electron chi connectivity index (χ0n) is 11.9. The van der Waals surface area contributed by atoms with Gasteiger partial charge in [0.05, 0.1) is 6.61 Å². The van der Waals surface area contributed by atoms with Crippen molar-refractivity contribution >= 4 is 6.71 Å².